The lowest BCUT2D eigenvalue weighted by Gasteiger charge is -2.27. The lowest BCUT2D eigenvalue weighted by Crippen LogP contribution is -2.29. The molecule has 3 N–H and O–H groups in total. The van der Waals surface area contributed by atoms with E-state index in [1.165, 1.54) is 31.7 Å². The number of pyridine rings is 1. The average molecular weight is 363 g/mol. The summed E-state index contributed by atoms with van der Waals surface area (Å²) in [4.78, 5) is 11.7. The fourth-order valence-corrected chi connectivity index (χ4v) is 4.27. The van der Waals surface area contributed by atoms with Crippen LogP contribution in [0.2, 0.25) is 0 Å². The average Bonchev–Trinajstić information content (AvgIpc) is 3.13. The van der Waals surface area contributed by atoms with E-state index >= 15 is 0 Å². The van der Waals surface area contributed by atoms with Crippen molar-refractivity contribution in [1.29, 1.82) is 5.41 Å². The van der Waals surface area contributed by atoms with Crippen molar-refractivity contribution >= 4 is 39.2 Å². The number of benzene rings is 1. The van der Waals surface area contributed by atoms with Crippen molar-refractivity contribution in [2.75, 3.05) is 18.0 Å². The molecule has 3 aromatic rings. The molecule has 132 valence electrons. The molecule has 0 aliphatic carbocycles. The second-order valence-corrected chi connectivity index (χ2v) is 7.45. The van der Waals surface area contributed by atoms with E-state index in [1.54, 1.807) is 11.3 Å². The van der Waals surface area contributed by atoms with Crippen LogP contribution in [-0.2, 0) is 0 Å². The van der Waals surface area contributed by atoms with E-state index in [4.69, 9.17) is 16.1 Å². The number of rotatable bonds is 4. The Labute approximate surface area is 156 Å². The largest absolute Gasteiger partial charge is 0.404 e. The van der Waals surface area contributed by atoms with Gasteiger partial charge in [0, 0.05) is 42.8 Å². The second-order valence-electron chi connectivity index (χ2n) is 6.42. The third kappa shape index (κ3) is 3.20. The lowest BCUT2D eigenvalue weighted by atomic mass is 10.1. The monoisotopic (exact) mass is 363 g/mol. The van der Waals surface area contributed by atoms with Gasteiger partial charge in [-0.25, -0.2) is 9.97 Å². The van der Waals surface area contributed by atoms with Crippen molar-refractivity contribution in [2.45, 2.75) is 19.3 Å². The maximum atomic E-state index is 7.45. The normalized spacial score (nSPS) is 15.4. The minimum absolute atomic E-state index is 0.703. The summed E-state index contributed by atoms with van der Waals surface area (Å²) in [6.45, 7) is 2.19. The summed E-state index contributed by atoms with van der Waals surface area (Å²) in [6, 6.07) is 10.2. The van der Waals surface area contributed by atoms with Gasteiger partial charge < -0.3 is 16.0 Å². The van der Waals surface area contributed by atoms with Crippen molar-refractivity contribution in [3.05, 3.63) is 48.3 Å². The molecule has 26 heavy (non-hydrogen) atoms. The molecule has 4 rings (SSSR count). The Morgan fingerprint density at radius 1 is 1.15 bits per heavy atom. The van der Waals surface area contributed by atoms with Gasteiger partial charge in [-0.15, -0.1) is 11.3 Å². The summed E-state index contributed by atoms with van der Waals surface area (Å²) in [5.74, 6) is 1.06. The van der Waals surface area contributed by atoms with Crippen LogP contribution in [0.25, 0.3) is 26.4 Å². The van der Waals surface area contributed by atoms with Crippen LogP contribution in [-0.4, -0.2) is 29.3 Å². The summed E-state index contributed by atoms with van der Waals surface area (Å²) in [5.41, 5.74) is 9.22. The molecular weight excluding hydrogens is 342 g/mol. The zero-order valence-electron chi connectivity index (χ0n) is 14.5. The molecule has 6 heteroatoms. The molecule has 1 fully saturated rings. The zero-order chi connectivity index (χ0) is 17.9. The molecule has 1 aliphatic rings. The SMILES string of the molecule is N=C/C(=C\N)c1ccc2nc(-c3ccc(N4CCCCC4)nc3)sc2c1. The minimum atomic E-state index is 0.703. The summed E-state index contributed by atoms with van der Waals surface area (Å²) in [6.07, 6.45) is 8.47. The van der Waals surface area contributed by atoms with Gasteiger partial charge >= 0.3 is 0 Å². The van der Waals surface area contributed by atoms with Gasteiger partial charge in [-0.2, -0.15) is 0 Å². The van der Waals surface area contributed by atoms with Crippen LogP contribution in [0, 0.1) is 5.41 Å². The van der Waals surface area contributed by atoms with Gasteiger partial charge in [0.15, 0.2) is 0 Å². The number of aromatic nitrogens is 2. The van der Waals surface area contributed by atoms with Crippen molar-refractivity contribution in [2.24, 2.45) is 5.73 Å². The lowest BCUT2D eigenvalue weighted by molar-refractivity contribution is 0.573. The van der Waals surface area contributed by atoms with Crippen LogP contribution in [0.5, 0.6) is 0 Å². The van der Waals surface area contributed by atoms with E-state index in [2.05, 4.69) is 22.0 Å². The molecule has 5 nitrogen and oxygen atoms in total. The molecule has 2 aromatic heterocycles. The third-order valence-corrected chi connectivity index (χ3v) is 5.80. The predicted octanol–water partition coefficient (Wildman–Crippen LogP) is 4.30. The Balaban J connectivity index is 1.63. The van der Waals surface area contributed by atoms with Gasteiger partial charge in [-0.3, -0.25) is 0 Å². The highest BCUT2D eigenvalue weighted by Crippen LogP contribution is 2.32. The fraction of sp³-hybridized carbons (Fsp3) is 0.250. The predicted molar refractivity (Wildman–Crippen MR) is 110 cm³/mol. The van der Waals surface area contributed by atoms with Crippen LogP contribution in [0.15, 0.2) is 42.7 Å². The van der Waals surface area contributed by atoms with E-state index in [0.717, 1.165) is 45.3 Å². The second kappa shape index (κ2) is 7.25. The summed E-state index contributed by atoms with van der Waals surface area (Å²) in [5, 5.41) is 8.41. The minimum Gasteiger partial charge on any atom is -0.404 e. The molecule has 0 atom stereocenters. The number of piperidine rings is 1. The maximum absolute atomic E-state index is 7.45. The van der Waals surface area contributed by atoms with Gasteiger partial charge in [-0.1, -0.05) is 6.07 Å². The molecule has 0 amide bonds. The fourth-order valence-electron chi connectivity index (χ4n) is 3.28. The van der Waals surface area contributed by atoms with Crippen molar-refractivity contribution in [3.8, 4) is 10.6 Å². The van der Waals surface area contributed by atoms with E-state index in [1.807, 2.05) is 24.4 Å². The van der Waals surface area contributed by atoms with Gasteiger partial charge in [-0.05, 0) is 49.1 Å². The van der Waals surface area contributed by atoms with Gasteiger partial charge in [0.1, 0.15) is 10.8 Å². The first-order valence-electron chi connectivity index (χ1n) is 8.83. The van der Waals surface area contributed by atoms with Gasteiger partial charge in [0.25, 0.3) is 0 Å². The standard InChI is InChI=1S/C20H21N5S/c21-11-16(12-22)14-4-6-17-18(10-14)26-20(24-17)15-5-7-19(23-13-15)25-8-2-1-3-9-25/h4-7,10-13,21H,1-3,8-9,22H2/b16-12+,21-11?. The molecule has 3 heterocycles. The molecule has 1 aromatic carbocycles. The number of nitrogens with zero attached hydrogens (tertiary/aromatic N) is 3. The molecular formula is C20H21N5S. The number of nitrogens with two attached hydrogens (primary N) is 1. The molecule has 0 radical (unpaired) electrons. The van der Waals surface area contributed by atoms with Crippen LogP contribution >= 0.6 is 11.3 Å². The first-order chi connectivity index (χ1) is 12.8. The van der Waals surface area contributed by atoms with E-state index in [9.17, 15) is 0 Å². The highest BCUT2D eigenvalue weighted by molar-refractivity contribution is 7.21. The van der Waals surface area contributed by atoms with Crippen molar-refractivity contribution in [1.82, 2.24) is 9.97 Å². The van der Waals surface area contributed by atoms with E-state index < -0.39 is 0 Å². The van der Waals surface area contributed by atoms with Crippen LogP contribution < -0.4 is 10.6 Å². The molecule has 0 bridgehead atoms. The summed E-state index contributed by atoms with van der Waals surface area (Å²) < 4.78 is 1.08. The Morgan fingerprint density at radius 3 is 2.69 bits per heavy atom. The summed E-state index contributed by atoms with van der Waals surface area (Å²) in [7, 11) is 0. The van der Waals surface area contributed by atoms with E-state index in [0.29, 0.717) is 5.57 Å². The van der Waals surface area contributed by atoms with Crippen molar-refractivity contribution in [3.63, 3.8) is 0 Å². The highest BCUT2D eigenvalue weighted by atomic mass is 32.1. The number of hydrogen-bond donors (Lipinski definition) is 2. The third-order valence-electron chi connectivity index (χ3n) is 4.73. The van der Waals surface area contributed by atoms with Crippen LogP contribution in [0.3, 0.4) is 0 Å². The van der Waals surface area contributed by atoms with Crippen LogP contribution in [0.1, 0.15) is 24.8 Å². The van der Waals surface area contributed by atoms with Gasteiger partial charge in [0.2, 0.25) is 0 Å². The molecule has 1 aliphatic heterocycles. The first-order valence-corrected chi connectivity index (χ1v) is 9.65. The number of hydrogen-bond acceptors (Lipinski definition) is 6. The Morgan fingerprint density at radius 2 is 2.00 bits per heavy atom. The maximum Gasteiger partial charge on any atom is 0.128 e. The van der Waals surface area contributed by atoms with Crippen LogP contribution in [0.4, 0.5) is 5.82 Å². The molecule has 1 saturated heterocycles. The number of anilines is 1. The Kier molecular flexibility index (Phi) is 4.67. The Hall–Kier alpha value is -2.73. The number of fused-ring (bicyclic) bond motifs is 1. The number of nitrogens with one attached hydrogen (secondary N) is 1. The van der Waals surface area contributed by atoms with Gasteiger partial charge in [0.05, 0.1) is 10.2 Å². The number of thiazole rings is 1. The molecule has 0 saturated carbocycles. The smallest absolute Gasteiger partial charge is 0.128 e. The quantitative estimate of drug-likeness (QED) is 0.678. The summed E-state index contributed by atoms with van der Waals surface area (Å²) >= 11 is 1.64. The molecule has 0 unspecified atom stereocenters. The van der Waals surface area contributed by atoms with Crippen molar-refractivity contribution < 1.29 is 0 Å². The molecule has 0 spiro atoms. The number of allylic oxidation sites excluding steroid dienone is 1. The highest BCUT2D eigenvalue weighted by Gasteiger charge is 2.13. The topological polar surface area (TPSA) is 78.9 Å². The Bertz CT molecular complexity index is 952. The van der Waals surface area contributed by atoms with E-state index in [-0.39, 0.29) is 0 Å². The first kappa shape index (κ1) is 16.7. The zero-order valence-corrected chi connectivity index (χ0v) is 15.3.